The second kappa shape index (κ2) is 5.49. The Morgan fingerprint density at radius 2 is 1.50 bits per heavy atom. The molecular formula is C13H17NO2. The molecule has 2 atom stereocenters. The molecule has 3 heteroatoms. The third kappa shape index (κ3) is 2.72. The maximum absolute atomic E-state index is 9.74. The second-order valence-corrected chi connectivity index (χ2v) is 3.54. The monoisotopic (exact) mass is 219 g/mol. The summed E-state index contributed by atoms with van der Waals surface area (Å²) in [6.07, 6.45) is 0.811. The molecule has 1 rings (SSSR count). The van der Waals surface area contributed by atoms with E-state index < -0.39 is 12.5 Å². The zero-order valence-corrected chi connectivity index (χ0v) is 9.37. The Kier molecular flexibility index (Phi) is 4.28. The minimum Gasteiger partial charge on any atom is -0.370 e. The van der Waals surface area contributed by atoms with Crippen LogP contribution in [0.2, 0.25) is 0 Å². The summed E-state index contributed by atoms with van der Waals surface area (Å²) in [5.74, 6) is 0. The van der Waals surface area contributed by atoms with E-state index in [1.54, 1.807) is 0 Å². The molecule has 0 bridgehead atoms. The van der Waals surface area contributed by atoms with Crippen LogP contribution < -0.4 is 4.90 Å². The Morgan fingerprint density at radius 3 is 1.88 bits per heavy atom. The predicted octanol–water partition coefficient (Wildman–Crippen LogP) is 1.81. The summed E-state index contributed by atoms with van der Waals surface area (Å²) in [6, 6.07) is 7.48. The highest BCUT2D eigenvalue weighted by Gasteiger charge is 2.18. The number of hydrogen-bond acceptors (Lipinski definition) is 3. The number of anilines is 1. The molecule has 3 nitrogen and oxygen atoms in total. The van der Waals surface area contributed by atoms with E-state index >= 15 is 0 Å². The highest BCUT2D eigenvalue weighted by molar-refractivity contribution is 5.49. The molecular weight excluding hydrogens is 202 g/mol. The number of nitrogens with zero attached hydrogens (tertiary/aromatic N) is 1. The third-order valence-electron chi connectivity index (χ3n) is 2.32. The van der Waals surface area contributed by atoms with Gasteiger partial charge in [-0.15, -0.1) is 0 Å². The van der Waals surface area contributed by atoms with Gasteiger partial charge in [-0.1, -0.05) is 30.9 Å². The fourth-order valence-corrected chi connectivity index (χ4v) is 1.41. The third-order valence-corrected chi connectivity index (χ3v) is 2.32. The van der Waals surface area contributed by atoms with Crippen LogP contribution in [0.25, 0.3) is 0 Å². The van der Waals surface area contributed by atoms with Gasteiger partial charge in [0.2, 0.25) is 0 Å². The van der Waals surface area contributed by atoms with E-state index in [-0.39, 0.29) is 0 Å². The molecule has 0 radical (unpaired) electrons. The zero-order valence-electron chi connectivity index (χ0n) is 9.37. The molecule has 86 valence electrons. The fourth-order valence-electron chi connectivity index (χ4n) is 1.41. The molecule has 0 aliphatic carbocycles. The Labute approximate surface area is 96.0 Å². The standard InChI is InChI=1S/C13H17NO2/c1-4-12(15)14(13(16)5-2)11-8-6-10(3)7-9-11/h4-9,12-13,15-16H,1-2H2,3H3. The number of hydrogen-bond donors (Lipinski definition) is 2. The maximum Gasteiger partial charge on any atom is 0.148 e. The topological polar surface area (TPSA) is 43.7 Å². The van der Waals surface area contributed by atoms with Crippen LogP contribution in [-0.2, 0) is 0 Å². The molecule has 0 heterocycles. The molecule has 16 heavy (non-hydrogen) atoms. The predicted molar refractivity (Wildman–Crippen MR) is 66.1 cm³/mol. The van der Waals surface area contributed by atoms with Crippen molar-refractivity contribution < 1.29 is 10.2 Å². The van der Waals surface area contributed by atoms with Crippen LogP contribution in [0.15, 0.2) is 49.6 Å². The van der Waals surface area contributed by atoms with Crippen LogP contribution in [-0.4, -0.2) is 22.7 Å². The van der Waals surface area contributed by atoms with Crippen molar-refractivity contribution in [2.45, 2.75) is 19.4 Å². The van der Waals surface area contributed by atoms with Gasteiger partial charge in [-0.05, 0) is 31.2 Å². The van der Waals surface area contributed by atoms with Crippen LogP contribution in [0, 0.1) is 6.92 Å². The lowest BCUT2D eigenvalue weighted by atomic mass is 10.2. The lowest BCUT2D eigenvalue weighted by Crippen LogP contribution is -2.41. The van der Waals surface area contributed by atoms with Gasteiger partial charge in [-0.2, -0.15) is 0 Å². The second-order valence-electron chi connectivity index (χ2n) is 3.54. The van der Waals surface area contributed by atoms with E-state index in [2.05, 4.69) is 13.2 Å². The van der Waals surface area contributed by atoms with Crippen LogP contribution in [0.4, 0.5) is 5.69 Å². The Bertz CT molecular complexity index is 345. The summed E-state index contributed by atoms with van der Waals surface area (Å²) < 4.78 is 0. The van der Waals surface area contributed by atoms with Crippen molar-refractivity contribution in [2.75, 3.05) is 4.90 Å². The molecule has 0 saturated carbocycles. The lowest BCUT2D eigenvalue weighted by molar-refractivity contribution is 0.136. The molecule has 0 fully saturated rings. The van der Waals surface area contributed by atoms with Crippen molar-refractivity contribution in [1.29, 1.82) is 0 Å². The summed E-state index contributed by atoms with van der Waals surface area (Å²) in [5, 5.41) is 19.5. The Hall–Kier alpha value is -1.58. The van der Waals surface area contributed by atoms with E-state index in [1.165, 1.54) is 17.1 Å². The molecule has 0 aliphatic rings. The van der Waals surface area contributed by atoms with Crippen LogP contribution in [0.3, 0.4) is 0 Å². The minimum absolute atomic E-state index is 0.713. The van der Waals surface area contributed by atoms with Crippen molar-refractivity contribution in [3.05, 3.63) is 55.1 Å². The molecule has 1 aromatic rings. The number of benzene rings is 1. The first kappa shape index (κ1) is 12.5. The van der Waals surface area contributed by atoms with Crippen molar-refractivity contribution in [1.82, 2.24) is 0 Å². The largest absolute Gasteiger partial charge is 0.370 e. The first-order chi connectivity index (χ1) is 7.60. The normalized spacial score (nSPS) is 13.9. The lowest BCUT2D eigenvalue weighted by Gasteiger charge is -2.31. The van der Waals surface area contributed by atoms with Crippen LogP contribution in [0.5, 0.6) is 0 Å². The molecule has 0 amide bonds. The van der Waals surface area contributed by atoms with E-state index in [9.17, 15) is 10.2 Å². The van der Waals surface area contributed by atoms with Gasteiger partial charge in [-0.3, -0.25) is 0 Å². The van der Waals surface area contributed by atoms with Crippen LogP contribution in [0.1, 0.15) is 5.56 Å². The summed E-state index contributed by atoms with van der Waals surface area (Å²) >= 11 is 0. The summed E-state index contributed by atoms with van der Waals surface area (Å²) in [5.41, 5.74) is 1.83. The summed E-state index contributed by atoms with van der Waals surface area (Å²) in [4.78, 5) is 1.42. The van der Waals surface area contributed by atoms with Gasteiger partial charge >= 0.3 is 0 Å². The number of rotatable bonds is 5. The molecule has 0 aliphatic heterocycles. The Morgan fingerprint density at radius 1 is 1.06 bits per heavy atom. The van der Waals surface area contributed by atoms with E-state index in [4.69, 9.17) is 0 Å². The van der Waals surface area contributed by atoms with Crippen molar-refractivity contribution in [3.8, 4) is 0 Å². The quantitative estimate of drug-likeness (QED) is 0.586. The van der Waals surface area contributed by atoms with E-state index in [1.807, 2.05) is 31.2 Å². The SMILES string of the molecule is C=CC(O)N(c1ccc(C)cc1)C(O)C=C. The number of aliphatic hydroxyl groups excluding tert-OH is 2. The van der Waals surface area contributed by atoms with Gasteiger partial charge in [-0.25, -0.2) is 0 Å². The first-order valence-electron chi connectivity index (χ1n) is 5.06. The van der Waals surface area contributed by atoms with Gasteiger partial charge in [0, 0.05) is 5.69 Å². The Balaban J connectivity index is 3.05. The fraction of sp³-hybridized carbons (Fsp3) is 0.231. The smallest absolute Gasteiger partial charge is 0.148 e. The molecule has 2 unspecified atom stereocenters. The van der Waals surface area contributed by atoms with Gasteiger partial charge in [0.15, 0.2) is 0 Å². The average Bonchev–Trinajstić information content (AvgIpc) is 2.31. The van der Waals surface area contributed by atoms with E-state index in [0.717, 1.165) is 5.56 Å². The maximum atomic E-state index is 9.74. The summed E-state index contributed by atoms with van der Waals surface area (Å²) in [6.45, 7) is 8.98. The number of aryl methyl sites for hydroxylation is 1. The van der Waals surface area contributed by atoms with Crippen molar-refractivity contribution >= 4 is 5.69 Å². The van der Waals surface area contributed by atoms with Crippen LogP contribution >= 0.6 is 0 Å². The molecule has 0 spiro atoms. The van der Waals surface area contributed by atoms with Gasteiger partial charge in [0.1, 0.15) is 12.5 Å². The highest BCUT2D eigenvalue weighted by Crippen LogP contribution is 2.19. The first-order valence-corrected chi connectivity index (χ1v) is 5.06. The van der Waals surface area contributed by atoms with Gasteiger partial charge < -0.3 is 15.1 Å². The van der Waals surface area contributed by atoms with Crippen molar-refractivity contribution in [2.24, 2.45) is 0 Å². The molecule has 0 aromatic heterocycles. The molecule has 0 saturated heterocycles. The van der Waals surface area contributed by atoms with Gasteiger partial charge in [0.25, 0.3) is 0 Å². The number of aliphatic hydroxyl groups is 2. The average molecular weight is 219 g/mol. The minimum atomic E-state index is -0.948. The van der Waals surface area contributed by atoms with E-state index in [0.29, 0.717) is 5.69 Å². The summed E-state index contributed by atoms with van der Waals surface area (Å²) in [7, 11) is 0. The van der Waals surface area contributed by atoms with Crippen molar-refractivity contribution in [3.63, 3.8) is 0 Å². The zero-order chi connectivity index (χ0) is 12.1. The van der Waals surface area contributed by atoms with Gasteiger partial charge in [0.05, 0.1) is 0 Å². The molecule has 2 N–H and O–H groups in total. The molecule has 1 aromatic carbocycles. The highest BCUT2D eigenvalue weighted by atomic mass is 16.3.